The fourth-order valence-corrected chi connectivity index (χ4v) is 4.24. The number of hydrogen-bond acceptors (Lipinski definition) is 4. The number of aromatic nitrogens is 2. The van der Waals surface area contributed by atoms with Crippen LogP contribution in [0.4, 0.5) is 43.9 Å². The average Bonchev–Trinajstić information content (AvgIpc) is 2.85. The van der Waals surface area contributed by atoms with Crippen molar-refractivity contribution >= 4 is 5.91 Å². The van der Waals surface area contributed by atoms with Gasteiger partial charge in [-0.05, 0) is 36.6 Å². The van der Waals surface area contributed by atoms with Crippen LogP contribution in [-0.2, 0) is 41.2 Å². The number of amides is 1. The highest BCUT2D eigenvalue weighted by Crippen LogP contribution is 2.39. The zero-order valence-corrected chi connectivity index (χ0v) is 21.0. The van der Waals surface area contributed by atoms with Crippen molar-refractivity contribution in [2.45, 2.75) is 50.6 Å². The molecular formula is C26H19F10N3O3. The van der Waals surface area contributed by atoms with Crippen LogP contribution in [0.2, 0.25) is 0 Å². The molecule has 1 saturated carbocycles. The molecule has 1 amide bonds. The highest BCUT2D eigenvalue weighted by molar-refractivity contribution is 5.79. The number of aromatic amines is 1. The number of carbonyl (C=O) groups is 1. The molecule has 1 aliphatic carbocycles. The summed E-state index contributed by atoms with van der Waals surface area (Å²) in [5.74, 6) is -4.22. The molecule has 3 aromatic rings. The minimum absolute atomic E-state index is 0.00790. The van der Waals surface area contributed by atoms with Crippen LogP contribution in [0, 0.1) is 11.7 Å². The van der Waals surface area contributed by atoms with E-state index in [0.29, 0.717) is 12.1 Å². The predicted octanol–water partition coefficient (Wildman–Crippen LogP) is 6.24. The fourth-order valence-electron chi connectivity index (χ4n) is 4.24. The SMILES string of the molecule is O=c1cc(C(F)(F)F)nc(-c2c(C(F)(F)F)ccc(CNC(=O)[C@H]3C[C@@H](OCc4cccc(C(F)(F)F)c4)C3)c2F)[nH]1. The molecule has 0 spiro atoms. The van der Waals surface area contributed by atoms with Crippen LogP contribution in [0.5, 0.6) is 0 Å². The number of nitrogens with zero attached hydrogens (tertiary/aromatic N) is 1. The van der Waals surface area contributed by atoms with Gasteiger partial charge in [-0.2, -0.15) is 39.5 Å². The molecule has 226 valence electrons. The zero-order valence-electron chi connectivity index (χ0n) is 21.0. The summed E-state index contributed by atoms with van der Waals surface area (Å²) in [6.45, 7) is -0.792. The van der Waals surface area contributed by atoms with E-state index < -0.39 is 88.2 Å². The van der Waals surface area contributed by atoms with E-state index in [1.165, 1.54) is 12.1 Å². The Balaban J connectivity index is 1.43. The van der Waals surface area contributed by atoms with E-state index in [2.05, 4.69) is 10.3 Å². The summed E-state index contributed by atoms with van der Waals surface area (Å²) < 4.78 is 139. The molecule has 42 heavy (non-hydrogen) atoms. The van der Waals surface area contributed by atoms with Crippen LogP contribution in [0.25, 0.3) is 11.4 Å². The van der Waals surface area contributed by atoms with E-state index in [1.54, 1.807) is 4.98 Å². The van der Waals surface area contributed by atoms with Gasteiger partial charge in [0.25, 0.3) is 5.56 Å². The third-order valence-electron chi connectivity index (χ3n) is 6.45. The number of nitrogens with one attached hydrogen (secondary N) is 2. The summed E-state index contributed by atoms with van der Waals surface area (Å²) in [6.07, 6.45) is -15.1. The first-order valence-electron chi connectivity index (χ1n) is 12.1. The summed E-state index contributed by atoms with van der Waals surface area (Å²) in [6, 6.07) is 5.59. The van der Waals surface area contributed by atoms with E-state index in [-0.39, 0.29) is 31.1 Å². The Bertz CT molecular complexity index is 1520. The lowest BCUT2D eigenvalue weighted by Gasteiger charge is -2.34. The quantitative estimate of drug-likeness (QED) is 0.310. The Morgan fingerprint density at radius 3 is 2.26 bits per heavy atom. The van der Waals surface area contributed by atoms with Gasteiger partial charge in [0, 0.05) is 24.1 Å². The maximum atomic E-state index is 15.3. The molecule has 6 nitrogen and oxygen atoms in total. The van der Waals surface area contributed by atoms with E-state index in [9.17, 15) is 49.1 Å². The van der Waals surface area contributed by atoms with Crippen LogP contribution in [0.1, 0.15) is 40.8 Å². The first-order chi connectivity index (χ1) is 19.4. The molecular weight excluding hydrogens is 592 g/mol. The average molecular weight is 611 g/mol. The smallest absolute Gasteiger partial charge is 0.373 e. The van der Waals surface area contributed by atoms with E-state index in [0.717, 1.165) is 12.1 Å². The van der Waals surface area contributed by atoms with Gasteiger partial charge in [-0.1, -0.05) is 18.2 Å². The van der Waals surface area contributed by atoms with Crippen molar-refractivity contribution in [3.63, 3.8) is 0 Å². The zero-order chi connectivity index (χ0) is 31.0. The third kappa shape index (κ3) is 7.09. The first kappa shape index (κ1) is 31.0. The second kappa shape index (κ2) is 11.4. The lowest BCUT2D eigenvalue weighted by molar-refractivity contribution is -0.141. The molecule has 0 atom stereocenters. The third-order valence-corrected chi connectivity index (χ3v) is 6.45. The van der Waals surface area contributed by atoms with Crippen LogP contribution in [0.15, 0.2) is 47.3 Å². The van der Waals surface area contributed by atoms with Crippen molar-refractivity contribution in [3.05, 3.63) is 86.6 Å². The lowest BCUT2D eigenvalue weighted by atomic mass is 9.81. The van der Waals surface area contributed by atoms with Crippen molar-refractivity contribution in [2.24, 2.45) is 5.92 Å². The Morgan fingerprint density at radius 1 is 0.952 bits per heavy atom. The van der Waals surface area contributed by atoms with Crippen LogP contribution >= 0.6 is 0 Å². The van der Waals surface area contributed by atoms with Crippen LogP contribution < -0.4 is 10.9 Å². The van der Waals surface area contributed by atoms with Crippen molar-refractivity contribution in [1.82, 2.24) is 15.3 Å². The Labute approximate surface area is 229 Å². The van der Waals surface area contributed by atoms with E-state index in [1.807, 2.05) is 0 Å². The van der Waals surface area contributed by atoms with Gasteiger partial charge in [-0.25, -0.2) is 9.37 Å². The Hall–Kier alpha value is -3.95. The fraction of sp³-hybridized carbons (Fsp3) is 0.346. The molecule has 0 bridgehead atoms. The molecule has 1 aliphatic rings. The summed E-state index contributed by atoms with van der Waals surface area (Å²) in [7, 11) is 0. The summed E-state index contributed by atoms with van der Waals surface area (Å²) in [5, 5.41) is 2.33. The first-order valence-corrected chi connectivity index (χ1v) is 12.1. The van der Waals surface area contributed by atoms with Crippen LogP contribution in [0.3, 0.4) is 0 Å². The van der Waals surface area contributed by atoms with Gasteiger partial charge in [0.15, 0.2) is 5.69 Å². The molecule has 16 heteroatoms. The molecule has 0 saturated heterocycles. The number of rotatable bonds is 7. The molecule has 2 aromatic carbocycles. The number of H-pyrrole nitrogens is 1. The Kier molecular flexibility index (Phi) is 8.40. The topological polar surface area (TPSA) is 84.1 Å². The minimum Gasteiger partial charge on any atom is -0.373 e. The number of halogens is 10. The standard InChI is InChI=1S/C26H19F10N3O3/c27-21-13(4-5-17(25(31,32)33)20(21)22-38-18(26(34,35)36)9-19(40)39-22)10-37-23(41)14-7-16(8-14)42-11-12-2-1-3-15(6-12)24(28,29)30/h1-6,9,14,16H,7-8,10-11H2,(H,37,41)(H,38,39,40)/t14-,16+. The molecule has 2 N–H and O–H groups in total. The van der Waals surface area contributed by atoms with Gasteiger partial charge in [0.1, 0.15) is 11.6 Å². The van der Waals surface area contributed by atoms with Crippen molar-refractivity contribution in [3.8, 4) is 11.4 Å². The maximum Gasteiger partial charge on any atom is 0.433 e. The summed E-state index contributed by atoms with van der Waals surface area (Å²) in [4.78, 5) is 28.9. The molecule has 1 heterocycles. The Morgan fingerprint density at radius 2 is 1.64 bits per heavy atom. The minimum atomic E-state index is -5.24. The summed E-state index contributed by atoms with van der Waals surface area (Å²) in [5.41, 5.74) is -7.52. The second-order valence-electron chi connectivity index (χ2n) is 9.45. The predicted molar refractivity (Wildman–Crippen MR) is 125 cm³/mol. The number of hydrogen-bond donors (Lipinski definition) is 2. The van der Waals surface area contributed by atoms with Gasteiger partial charge >= 0.3 is 18.5 Å². The lowest BCUT2D eigenvalue weighted by Crippen LogP contribution is -2.42. The van der Waals surface area contributed by atoms with Gasteiger partial charge in [0.05, 0.1) is 29.4 Å². The molecule has 0 radical (unpaired) electrons. The van der Waals surface area contributed by atoms with Crippen molar-refractivity contribution in [1.29, 1.82) is 0 Å². The number of benzene rings is 2. The van der Waals surface area contributed by atoms with Gasteiger partial charge < -0.3 is 15.0 Å². The highest BCUT2D eigenvalue weighted by Gasteiger charge is 2.39. The van der Waals surface area contributed by atoms with Gasteiger partial charge in [-0.15, -0.1) is 0 Å². The maximum absolute atomic E-state index is 15.3. The second-order valence-corrected chi connectivity index (χ2v) is 9.45. The number of ether oxygens (including phenoxy) is 1. The molecule has 0 aliphatic heterocycles. The van der Waals surface area contributed by atoms with Crippen molar-refractivity contribution in [2.75, 3.05) is 0 Å². The molecule has 1 fully saturated rings. The van der Waals surface area contributed by atoms with E-state index >= 15 is 4.39 Å². The number of carbonyl (C=O) groups excluding carboxylic acids is 1. The normalized spacial score (nSPS) is 17.6. The molecule has 4 rings (SSSR count). The molecule has 0 unspecified atom stereocenters. The highest BCUT2D eigenvalue weighted by atomic mass is 19.4. The van der Waals surface area contributed by atoms with Gasteiger partial charge in [0.2, 0.25) is 5.91 Å². The number of alkyl halides is 9. The van der Waals surface area contributed by atoms with Gasteiger partial charge in [-0.3, -0.25) is 9.59 Å². The largest absolute Gasteiger partial charge is 0.433 e. The van der Waals surface area contributed by atoms with Crippen molar-refractivity contribution < 1.29 is 53.4 Å². The summed E-state index contributed by atoms with van der Waals surface area (Å²) >= 11 is 0. The van der Waals surface area contributed by atoms with E-state index in [4.69, 9.17) is 4.74 Å². The molecule has 1 aromatic heterocycles. The van der Waals surface area contributed by atoms with Crippen LogP contribution in [-0.4, -0.2) is 22.0 Å². The monoisotopic (exact) mass is 611 g/mol.